The molecule has 1 fully saturated rings. The van der Waals surface area contributed by atoms with Crippen LogP contribution in [-0.2, 0) is 0 Å². The van der Waals surface area contributed by atoms with E-state index >= 15 is 0 Å². The quantitative estimate of drug-likeness (QED) is 0.902. The number of hydrogen-bond donors (Lipinski definition) is 1. The van der Waals surface area contributed by atoms with Gasteiger partial charge in [-0.25, -0.2) is 0 Å². The van der Waals surface area contributed by atoms with Crippen molar-refractivity contribution in [1.29, 1.82) is 0 Å². The van der Waals surface area contributed by atoms with Gasteiger partial charge in [0.25, 0.3) is 5.91 Å². The molecular weight excluding hydrogens is 260 g/mol. The highest BCUT2D eigenvalue weighted by molar-refractivity contribution is 5.95. The Bertz CT molecular complexity index is 478. The van der Waals surface area contributed by atoms with Gasteiger partial charge in [-0.3, -0.25) is 4.79 Å². The van der Waals surface area contributed by atoms with E-state index < -0.39 is 0 Å². The van der Waals surface area contributed by atoms with Crippen molar-refractivity contribution in [1.82, 2.24) is 10.2 Å². The average Bonchev–Trinajstić information content (AvgIpc) is 2.47. The maximum atomic E-state index is 12.8. The lowest BCUT2D eigenvalue weighted by Gasteiger charge is -2.30. The van der Waals surface area contributed by atoms with E-state index in [9.17, 15) is 4.79 Å². The molecule has 1 aromatic rings. The Labute approximate surface area is 128 Å². The van der Waals surface area contributed by atoms with Crippen LogP contribution < -0.4 is 5.32 Å². The van der Waals surface area contributed by atoms with Gasteiger partial charge in [-0.1, -0.05) is 24.6 Å². The topological polar surface area (TPSA) is 32.3 Å². The number of nitrogens with zero attached hydrogens (tertiary/aromatic N) is 1. The van der Waals surface area contributed by atoms with Crippen LogP contribution in [0.2, 0.25) is 0 Å². The largest absolute Gasteiger partial charge is 0.338 e. The normalized spacial score (nSPS) is 18.5. The molecule has 0 aliphatic carbocycles. The molecule has 21 heavy (non-hydrogen) atoms. The van der Waals surface area contributed by atoms with Crippen LogP contribution in [-0.4, -0.2) is 37.0 Å². The van der Waals surface area contributed by atoms with Crippen LogP contribution in [0.1, 0.15) is 47.7 Å². The minimum Gasteiger partial charge on any atom is -0.338 e. The minimum absolute atomic E-state index is 0.194. The summed E-state index contributed by atoms with van der Waals surface area (Å²) in [6, 6.07) is 6.11. The molecule has 1 heterocycles. The van der Waals surface area contributed by atoms with Crippen molar-refractivity contribution in [3.05, 3.63) is 34.9 Å². The molecule has 3 nitrogen and oxygen atoms in total. The molecule has 2 rings (SSSR count). The Morgan fingerprint density at radius 3 is 2.81 bits per heavy atom. The number of hydrogen-bond acceptors (Lipinski definition) is 2. The lowest BCUT2D eigenvalue weighted by molar-refractivity contribution is 0.0718. The number of carbonyl (C=O) groups excluding carboxylic acids is 1. The summed E-state index contributed by atoms with van der Waals surface area (Å²) in [6.07, 6.45) is 3.46. The first-order valence-corrected chi connectivity index (χ1v) is 8.19. The zero-order chi connectivity index (χ0) is 15.2. The first-order valence-electron chi connectivity index (χ1n) is 8.19. The molecular formula is C18H28N2O. The Balaban J connectivity index is 2.10. The van der Waals surface area contributed by atoms with E-state index in [0.717, 1.165) is 43.7 Å². The number of aryl methyl sites for hydroxylation is 2. The molecule has 3 heteroatoms. The fourth-order valence-corrected chi connectivity index (χ4v) is 3.16. The van der Waals surface area contributed by atoms with Gasteiger partial charge in [0.1, 0.15) is 0 Å². The van der Waals surface area contributed by atoms with Crippen LogP contribution in [0.4, 0.5) is 0 Å². The number of nitrogens with one attached hydrogen (secondary N) is 1. The van der Waals surface area contributed by atoms with Crippen LogP contribution in [0.15, 0.2) is 18.2 Å². The molecule has 1 amide bonds. The molecule has 0 saturated carbocycles. The van der Waals surface area contributed by atoms with Gasteiger partial charge < -0.3 is 10.2 Å². The summed E-state index contributed by atoms with van der Waals surface area (Å²) in [5.41, 5.74) is 3.16. The van der Waals surface area contributed by atoms with Gasteiger partial charge in [0.05, 0.1) is 0 Å². The Kier molecular flexibility index (Phi) is 5.80. The zero-order valence-corrected chi connectivity index (χ0v) is 13.6. The van der Waals surface area contributed by atoms with E-state index in [1.54, 1.807) is 0 Å². The lowest BCUT2D eigenvalue weighted by Crippen LogP contribution is -2.41. The number of carbonyl (C=O) groups is 1. The summed E-state index contributed by atoms with van der Waals surface area (Å²) in [4.78, 5) is 14.9. The molecule has 1 aromatic carbocycles. The van der Waals surface area contributed by atoms with E-state index in [-0.39, 0.29) is 5.91 Å². The molecule has 1 unspecified atom stereocenters. The molecule has 1 aliphatic heterocycles. The fourth-order valence-electron chi connectivity index (χ4n) is 3.16. The van der Waals surface area contributed by atoms with E-state index in [1.807, 2.05) is 19.1 Å². The molecule has 1 N–H and O–H groups in total. The molecule has 0 bridgehead atoms. The van der Waals surface area contributed by atoms with Gasteiger partial charge in [0.15, 0.2) is 0 Å². The Morgan fingerprint density at radius 2 is 2.19 bits per heavy atom. The van der Waals surface area contributed by atoms with Crippen molar-refractivity contribution < 1.29 is 4.79 Å². The highest BCUT2D eigenvalue weighted by Gasteiger charge is 2.22. The van der Waals surface area contributed by atoms with E-state index in [2.05, 4.69) is 30.1 Å². The molecule has 0 aromatic heterocycles. The van der Waals surface area contributed by atoms with Crippen molar-refractivity contribution in [2.75, 3.05) is 26.2 Å². The summed E-state index contributed by atoms with van der Waals surface area (Å²) < 4.78 is 0. The smallest absolute Gasteiger partial charge is 0.254 e. The standard InChI is InChI=1S/C18H28N2O/c1-4-10-20(13-16-6-5-9-19-12-16)18(21)17-8-7-14(2)11-15(17)3/h7-8,11,16,19H,4-6,9-10,12-13H2,1-3H3. The third-order valence-electron chi connectivity index (χ3n) is 4.27. The van der Waals surface area contributed by atoms with Crippen molar-refractivity contribution in [2.45, 2.75) is 40.0 Å². The van der Waals surface area contributed by atoms with Crippen molar-refractivity contribution >= 4 is 5.91 Å². The van der Waals surface area contributed by atoms with Crippen molar-refractivity contribution in [2.24, 2.45) is 5.92 Å². The van der Waals surface area contributed by atoms with E-state index in [0.29, 0.717) is 5.92 Å². The number of rotatable bonds is 5. The average molecular weight is 288 g/mol. The Morgan fingerprint density at radius 1 is 1.38 bits per heavy atom. The van der Waals surface area contributed by atoms with Gasteiger partial charge in [0, 0.05) is 18.7 Å². The van der Waals surface area contributed by atoms with Crippen LogP contribution in [0, 0.1) is 19.8 Å². The maximum Gasteiger partial charge on any atom is 0.254 e. The lowest BCUT2D eigenvalue weighted by atomic mass is 9.98. The van der Waals surface area contributed by atoms with Gasteiger partial charge >= 0.3 is 0 Å². The van der Waals surface area contributed by atoms with Gasteiger partial charge in [0.2, 0.25) is 0 Å². The molecule has 0 radical (unpaired) electrons. The number of amides is 1. The minimum atomic E-state index is 0.194. The second kappa shape index (κ2) is 7.60. The molecule has 116 valence electrons. The van der Waals surface area contributed by atoms with Crippen LogP contribution >= 0.6 is 0 Å². The molecule has 1 saturated heterocycles. The highest BCUT2D eigenvalue weighted by atomic mass is 16.2. The SMILES string of the molecule is CCCN(CC1CCCNC1)C(=O)c1ccc(C)cc1C. The number of piperidine rings is 1. The van der Waals surface area contributed by atoms with Gasteiger partial charge in [-0.05, 0) is 63.7 Å². The monoisotopic (exact) mass is 288 g/mol. The third-order valence-corrected chi connectivity index (χ3v) is 4.27. The van der Waals surface area contributed by atoms with Crippen LogP contribution in [0.3, 0.4) is 0 Å². The van der Waals surface area contributed by atoms with E-state index in [4.69, 9.17) is 0 Å². The summed E-state index contributed by atoms with van der Waals surface area (Å²) in [6.45, 7) is 10.1. The summed E-state index contributed by atoms with van der Waals surface area (Å²) >= 11 is 0. The maximum absolute atomic E-state index is 12.8. The third kappa shape index (κ3) is 4.31. The number of benzene rings is 1. The Hall–Kier alpha value is -1.35. The first kappa shape index (κ1) is 16.0. The summed E-state index contributed by atoms with van der Waals surface area (Å²) in [5.74, 6) is 0.792. The first-order chi connectivity index (χ1) is 10.1. The predicted octanol–water partition coefficient (Wildman–Crippen LogP) is 3.16. The highest BCUT2D eigenvalue weighted by Crippen LogP contribution is 2.17. The summed E-state index contributed by atoms with van der Waals surface area (Å²) in [7, 11) is 0. The van der Waals surface area contributed by atoms with Crippen molar-refractivity contribution in [3.63, 3.8) is 0 Å². The van der Waals surface area contributed by atoms with Crippen LogP contribution in [0.25, 0.3) is 0 Å². The predicted molar refractivity (Wildman–Crippen MR) is 87.7 cm³/mol. The van der Waals surface area contributed by atoms with Crippen LogP contribution in [0.5, 0.6) is 0 Å². The molecule has 0 spiro atoms. The van der Waals surface area contributed by atoms with Gasteiger partial charge in [-0.15, -0.1) is 0 Å². The van der Waals surface area contributed by atoms with E-state index in [1.165, 1.54) is 18.4 Å². The van der Waals surface area contributed by atoms with Gasteiger partial charge in [-0.2, -0.15) is 0 Å². The van der Waals surface area contributed by atoms with Crippen molar-refractivity contribution in [3.8, 4) is 0 Å². The summed E-state index contributed by atoms with van der Waals surface area (Å²) in [5, 5.41) is 3.44. The molecule has 1 aliphatic rings. The zero-order valence-electron chi connectivity index (χ0n) is 13.6. The second-order valence-corrected chi connectivity index (χ2v) is 6.28. The fraction of sp³-hybridized carbons (Fsp3) is 0.611. The second-order valence-electron chi connectivity index (χ2n) is 6.28. The molecule has 1 atom stereocenters.